The van der Waals surface area contributed by atoms with Gasteiger partial charge in [0, 0.05) is 24.4 Å². The van der Waals surface area contributed by atoms with E-state index in [1.165, 1.54) is 11.8 Å². The van der Waals surface area contributed by atoms with E-state index in [0.717, 1.165) is 29.5 Å². The normalized spacial score (nSPS) is 12.5. The third kappa shape index (κ3) is 3.66. The zero-order valence-electron chi connectivity index (χ0n) is 11.6. The molecule has 5 nitrogen and oxygen atoms in total. The first-order valence-corrected chi connectivity index (χ1v) is 7.47. The Hall–Kier alpha value is -1.69. The average molecular weight is 294 g/mol. The Balaban J connectivity index is 2.02. The Morgan fingerprint density at radius 3 is 3.05 bits per heavy atom. The number of carboxylic acid groups (broad SMARTS) is 1. The minimum absolute atomic E-state index is 0.0291. The van der Waals surface area contributed by atoms with Crippen LogP contribution < -0.4 is 0 Å². The third-order valence-corrected chi connectivity index (χ3v) is 4.05. The summed E-state index contributed by atoms with van der Waals surface area (Å²) in [6.07, 6.45) is 5.24. The van der Waals surface area contributed by atoms with Crippen LogP contribution in [0.15, 0.2) is 34.2 Å². The van der Waals surface area contributed by atoms with E-state index >= 15 is 0 Å². The number of hydrogen-bond donors (Lipinski definition) is 1. The maximum Gasteiger partial charge on any atom is 0.313 e. The Morgan fingerprint density at radius 1 is 1.60 bits per heavy atom. The van der Waals surface area contributed by atoms with E-state index in [-0.39, 0.29) is 11.8 Å². The standard InChI is InChI=1S/C14H18N2O3S/c1-10(5-6-12-4-3-7-19-12)16-11(2)8-15-14(16)20-9-13(17)18/h3-4,7-8,10H,5-6,9H2,1-2H3,(H,17,18). The molecule has 0 spiro atoms. The molecule has 2 aromatic heterocycles. The van der Waals surface area contributed by atoms with E-state index in [2.05, 4.69) is 16.5 Å². The number of carbonyl (C=O) groups is 1. The molecule has 2 heterocycles. The first-order chi connectivity index (χ1) is 9.58. The molecule has 1 unspecified atom stereocenters. The molecular weight excluding hydrogens is 276 g/mol. The fourth-order valence-electron chi connectivity index (χ4n) is 2.13. The molecule has 20 heavy (non-hydrogen) atoms. The van der Waals surface area contributed by atoms with Crippen molar-refractivity contribution in [1.82, 2.24) is 9.55 Å². The second kappa shape index (κ2) is 6.65. The van der Waals surface area contributed by atoms with Gasteiger partial charge >= 0.3 is 5.97 Å². The van der Waals surface area contributed by atoms with Gasteiger partial charge in [-0.3, -0.25) is 4.79 Å². The lowest BCUT2D eigenvalue weighted by Gasteiger charge is -2.17. The molecule has 0 aliphatic rings. The fraction of sp³-hybridized carbons (Fsp3) is 0.429. The molecule has 1 atom stereocenters. The number of aromatic nitrogens is 2. The molecule has 0 saturated heterocycles. The topological polar surface area (TPSA) is 68.3 Å². The fourth-order valence-corrected chi connectivity index (χ4v) is 2.97. The van der Waals surface area contributed by atoms with Crippen LogP contribution in [0.5, 0.6) is 0 Å². The molecule has 0 aromatic carbocycles. The van der Waals surface area contributed by atoms with Crippen LogP contribution in [0.4, 0.5) is 0 Å². The summed E-state index contributed by atoms with van der Waals surface area (Å²) in [5, 5.41) is 9.53. The number of rotatable bonds is 7. The van der Waals surface area contributed by atoms with Crippen LogP contribution in [-0.2, 0) is 11.2 Å². The van der Waals surface area contributed by atoms with Crippen molar-refractivity contribution in [2.75, 3.05) is 5.75 Å². The van der Waals surface area contributed by atoms with E-state index in [9.17, 15) is 4.79 Å². The molecule has 0 aliphatic carbocycles. The zero-order valence-corrected chi connectivity index (χ0v) is 12.4. The summed E-state index contributed by atoms with van der Waals surface area (Å²) < 4.78 is 7.43. The van der Waals surface area contributed by atoms with Crippen LogP contribution in [-0.4, -0.2) is 26.4 Å². The smallest absolute Gasteiger partial charge is 0.313 e. The van der Waals surface area contributed by atoms with Gasteiger partial charge in [-0.1, -0.05) is 11.8 Å². The number of hydrogen-bond acceptors (Lipinski definition) is 4. The molecule has 0 bridgehead atoms. The van der Waals surface area contributed by atoms with Crippen LogP contribution in [0.3, 0.4) is 0 Å². The van der Waals surface area contributed by atoms with E-state index < -0.39 is 5.97 Å². The minimum Gasteiger partial charge on any atom is -0.481 e. The van der Waals surface area contributed by atoms with Crippen molar-refractivity contribution >= 4 is 17.7 Å². The summed E-state index contributed by atoms with van der Waals surface area (Å²) in [5.74, 6) is 0.168. The summed E-state index contributed by atoms with van der Waals surface area (Å²) >= 11 is 1.26. The average Bonchev–Trinajstić information content (AvgIpc) is 3.03. The predicted molar refractivity (Wildman–Crippen MR) is 77.1 cm³/mol. The second-order valence-electron chi connectivity index (χ2n) is 4.70. The first-order valence-electron chi connectivity index (χ1n) is 6.48. The van der Waals surface area contributed by atoms with Crippen LogP contribution >= 0.6 is 11.8 Å². The van der Waals surface area contributed by atoms with Crippen molar-refractivity contribution in [1.29, 1.82) is 0 Å². The molecule has 0 radical (unpaired) electrons. The maximum absolute atomic E-state index is 10.7. The van der Waals surface area contributed by atoms with Gasteiger partial charge in [-0.05, 0) is 32.4 Å². The van der Waals surface area contributed by atoms with Gasteiger partial charge in [0.1, 0.15) is 5.76 Å². The van der Waals surface area contributed by atoms with E-state index in [4.69, 9.17) is 9.52 Å². The zero-order chi connectivity index (χ0) is 14.5. The minimum atomic E-state index is -0.828. The molecule has 2 rings (SSSR count). The Kier molecular flexibility index (Phi) is 4.89. The van der Waals surface area contributed by atoms with E-state index in [1.54, 1.807) is 12.5 Å². The van der Waals surface area contributed by atoms with Gasteiger partial charge in [0.25, 0.3) is 0 Å². The highest BCUT2D eigenvalue weighted by Crippen LogP contribution is 2.25. The Morgan fingerprint density at radius 2 is 2.40 bits per heavy atom. The van der Waals surface area contributed by atoms with Gasteiger partial charge in [0.05, 0.1) is 12.0 Å². The van der Waals surface area contributed by atoms with Crippen molar-refractivity contribution < 1.29 is 14.3 Å². The molecule has 1 N–H and O–H groups in total. The lowest BCUT2D eigenvalue weighted by Crippen LogP contribution is -2.10. The largest absolute Gasteiger partial charge is 0.481 e. The SMILES string of the molecule is Cc1cnc(SCC(=O)O)n1C(C)CCc1ccco1. The number of aliphatic carboxylic acids is 1. The lowest BCUT2D eigenvalue weighted by atomic mass is 10.1. The van der Waals surface area contributed by atoms with Gasteiger partial charge in [0.15, 0.2) is 5.16 Å². The number of furan rings is 1. The summed E-state index contributed by atoms with van der Waals surface area (Å²) in [4.78, 5) is 15.0. The quantitative estimate of drug-likeness (QED) is 0.794. The van der Waals surface area contributed by atoms with Crippen LogP contribution in [0, 0.1) is 6.92 Å². The Labute approximate surface area is 122 Å². The first kappa shape index (κ1) is 14.7. The van der Waals surface area contributed by atoms with Gasteiger partial charge < -0.3 is 14.1 Å². The summed E-state index contributed by atoms with van der Waals surface area (Å²) in [7, 11) is 0. The monoisotopic (exact) mass is 294 g/mol. The van der Waals surface area contributed by atoms with Crippen molar-refractivity contribution in [3.8, 4) is 0 Å². The second-order valence-corrected chi connectivity index (χ2v) is 5.64. The number of imidazole rings is 1. The number of nitrogens with zero attached hydrogens (tertiary/aromatic N) is 2. The maximum atomic E-state index is 10.7. The van der Waals surface area contributed by atoms with E-state index in [1.807, 2.05) is 19.1 Å². The number of carboxylic acids is 1. The predicted octanol–water partition coefficient (Wildman–Crippen LogP) is 3.16. The van der Waals surface area contributed by atoms with Crippen molar-refractivity contribution in [2.45, 2.75) is 37.9 Å². The van der Waals surface area contributed by atoms with Gasteiger partial charge in [-0.2, -0.15) is 0 Å². The van der Waals surface area contributed by atoms with Crippen molar-refractivity contribution in [3.63, 3.8) is 0 Å². The van der Waals surface area contributed by atoms with Crippen LogP contribution in [0.25, 0.3) is 0 Å². The molecular formula is C14H18N2O3S. The summed E-state index contributed by atoms with van der Waals surface area (Å²) in [6, 6.07) is 4.10. The van der Waals surface area contributed by atoms with Crippen molar-refractivity contribution in [2.24, 2.45) is 0 Å². The molecule has 108 valence electrons. The third-order valence-electron chi connectivity index (χ3n) is 3.10. The van der Waals surface area contributed by atoms with Crippen molar-refractivity contribution in [3.05, 3.63) is 36.0 Å². The molecule has 0 fully saturated rings. The number of thioether (sulfide) groups is 1. The van der Waals surface area contributed by atoms with Crippen LogP contribution in [0.2, 0.25) is 0 Å². The highest BCUT2D eigenvalue weighted by molar-refractivity contribution is 7.99. The Bertz CT molecular complexity index is 563. The highest BCUT2D eigenvalue weighted by atomic mass is 32.2. The molecule has 6 heteroatoms. The summed E-state index contributed by atoms with van der Waals surface area (Å²) in [6.45, 7) is 4.10. The van der Waals surface area contributed by atoms with Gasteiger partial charge in [-0.15, -0.1) is 0 Å². The molecule has 0 saturated carbocycles. The summed E-state index contributed by atoms with van der Waals surface area (Å²) in [5.41, 5.74) is 1.05. The van der Waals surface area contributed by atoms with Gasteiger partial charge in [0.2, 0.25) is 0 Å². The molecule has 2 aromatic rings. The molecule has 0 aliphatic heterocycles. The van der Waals surface area contributed by atoms with E-state index in [0.29, 0.717) is 0 Å². The molecule has 0 amide bonds. The van der Waals surface area contributed by atoms with Gasteiger partial charge in [-0.25, -0.2) is 4.98 Å². The number of aryl methyl sites for hydroxylation is 2. The lowest BCUT2D eigenvalue weighted by molar-refractivity contribution is -0.133. The van der Waals surface area contributed by atoms with Crippen LogP contribution in [0.1, 0.15) is 30.8 Å². The highest BCUT2D eigenvalue weighted by Gasteiger charge is 2.15.